The van der Waals surface area contributed by atoms with Gasteiger partial charge in [0, 0.05) is 12.6 Å². The van der Waals surface area contributed by atoms with Crippen molar-refractivity contribution >= 4 is 11.5 Å². The number of rotatable bonds is 3. The van der Waals surface area contributed by atoms with Crippen molar-refractivity contribution < 1.29 is 0 Å². The molecule has 0 aromatic carbocycles. The number of nitrogens with zero attached hydrogens (tertiary/aromatic N) is 2. The molecule has 78 valence electrons. The van der Waals surface area contributed by atoms with Crippen LogP contribution in [0.3, 0.4) is 0 Å². The highest BCUT2D eigenvalue weighted by molar-refractivity contribution is 7.05. The SMILES string of the molecule is CC1CCCCC1NCc1cnns1. The van der Waals surface area contributed by atoms with Crippen molar-refractivity contribution in [2.45, 2.75) is 45.2 Å². The van der Waals surface area contributed by atoms with Crippen LogP contribution in [0.5, 0.6) is 0 Å². The Labute approximate surface area is 89.1 Å². The lowest BCUT2D eigenvalue weighted by Crippen LogP contribution is -2.36. The van der Waals surface area contributed by atoms with E-state index in [1.54, 1.807) is 0 Å². The summed E-state index contributed by atoms with van der Waals surface area (Å²) in [5.74, 6) is 0.824. The lowest BCUT2D eigenvalue weighted by atomic mass is 9.86. The van der Waals surface area contributed by atoms with E-state index in [1.807, 2.05) is 6.20 Å². The first kappa shape index (κ1) is 10.1. The molecule has 2 atom stereocenters. The van der Waals surface area contributed by atoms with Crippen LogP contribution in [-0.4, -0.2) is 15.6 Å². The molecule has 3 nitrogen and oxygen atoms in total. The second-order valence-corrected chi connectivity index (χ2v) is 5.00. The van der Waals surface area contributed by atoms with Gasteiger partial charge in [-0.25, -0.2) is 0 Å². The monoisotopic (exact) mass is 211 g/mol. The van der Waals surface area contributed by atoms with E-state index in [0.717, 1.165) is 12.5 Å². The Hall–Kier alpha value is -0.480. The van der Waals surface area contributed by atoms with Crippen LogP contribution in [0.15, 0.2) is 6.20 Å². The molecule has 1 aromatic rings. The van der Waals surface area contributed by atoms with E-state index in [2.05, 4.69) is 21.8 Å². The van der Waals surface area contributed by atoms with E-state index in [4.69, 9.17) is 0 Å². The lowest BCUT2D eigenvalue weighted by Gasteiger charge is -2.29. The standard InChI is InChI=1S/C10H17N3S/c1-8-4-2-3-5-10(8)11-6-9-7-12-13-14-9/h7-8,10-11H,2-6H2,1H3. The van der Waals surface area contributed by atoms with E-state index in [1.165, 1.54) is 42.1 Å². The van der Waals surface area contributed by atoms with Crippen LogP contribution in [0.4, 0.5) is 0 Å². The predicted molar refractivity (Wildman–Crippen MR) is 58.2 cm³/mol. The highest BCUT2D eigenvalue weighted by Gasteiger charge is 2.20. The van der Waals surface area contributed by atoms with Crippen molar-refractivity contribution in [3.05, 3.63) is 11.1 Å². The van der Waals surface area contributed by atoms with Crippen LogP contribution >= 0.6 is 11.5 Å². The predicted octanol–water partition coefficient (Wildman–Crippen LogP) is 2.21. The molecule has 1 N–H and O–H groups in total. The van der Waals surface area contributed by atoms with Gasteiger partial charge in [-0.1, -0.05) is 24.3 Å². The van der Waals surface area contributed by atoms with Gasteiger partial charge in [-0.3, -0.25) is 0 Å². The minimum Gasteiger partial charge on any atom is -0.309 e. The zero-order valence-corrected chi connectivity index (χ0v) is 9.39. The fraction of sp³-hybridized carbons (Fsp3) is 0.800. The first-order valence-electron chi connectivity index (χ1n) is 5.36. The van der Waals surface area contributed by atoms with E-state index in [9.17, 15) is 0 Å². The molecule has 0 bridgehead atoms. The minimum atomic E-state index is 0.700. The van der Waals surface area contributed by atoms with Gasteiger partial charge in [0.15, 0.2) is 0 Å². The summed E-state index contributed by atoms with van der Waals surface area (Å²) in [4.78, 5) is 1.24. The van der Waals surface area contributed by atoms with Gasteiger partial charge in [-0.15, -0.1) is 5.10 Å². The molecule has 1 aliphatic carbocycles. The van der Waals surface area contributed by atoms with Crippen LogP contribution < -0.4 is 5.32 Å². The second-order valence-electron chi connectivity index (χ2n) is 4.13. The summed E-state index contributed by atoms with van der Waals surface area (Å²) in [7, 11) is 0. The van der Waals surface area contributed by atoms with Gasteiger partial charge in [-0.05, 0) is 30.3 Å². The first-order valence-corrected chi connectivity index (χ1v) is 6.13. The Morgan fingerprint density at radius 1 is 1.50 bits per heavy atom. The number of hydrogen-bond donors (Lipinski definition) is 1. The van der Waals surface area contributed by atoms with E-state index in [0.29, 0.717) is 6.04 Å². The first-order chi connectivity index (χ1) is 6.86. The van der Waals surface area contributed by atoms with Gasteiger partial charge in [0.2, 0.25) is 0 Å². The zero-order valence-electron chi connectivity index (χ0n) is 8.57. The minimum absolute atomic E-state index is 0.700. The summed E-state index contributed by atoms with van der Waals surface area (Å²) in [5.41, 5.74) is 0. The third-order valence-electron chi connectivity index (χ3n) is 3.06. The summed E-state index contributed by atoms with van der Waals surface area (Å²) in [6.45, 7) is 3.29. The second kappa shape index (κ2) is 4.84. The Morgan fingerprint density at radius 3 is 3.07 bits per heavy atom. The fourth-order valence-corrected chi connectivity index (χ4v) is 2.56. The molecule has 4 heteroatoms. The Morgan fingerprint density at radius 2 is 2.36 bits per heavy atom. The molecule has 1 heterocycles. The molecule has 1 saturated carbocycles. The molecule has 1 aromatic heterocycles. The topological polar surface area (TPSA) is 37.8 Å². The van der Waals surface area contributed by atoms with Crippen LogP contribution in [0.25, 0.3) is 0 Å². The van der Waals surface area contributed by atoms with E-state index < -0.39 is 0 Å². The maximum absolute atomic E-state index is 3.86. The third kappa shape index (κ3) is 2.51. The van der Waals surface area contributed by atoms with Gasteiger partial charge in [0.25, 0.3) is 0 Å². The molecule has 2 unspecified atom stereocenters. The molecular weight excluding hydrogens is 194 g/mol. The van der Waals surface area contributed by atoms with Crippen LogP contribution in [0.2, 0.25) is 0 Å². The average Bonchev–Trinajstić information content (AvgIpc) is 2.69. The Kier molecular flexibility index (Phi) is 3.48. The number of hydrogen-bond acceptors (Lipinski definition) is 4. The van der Waals surface area contributed by atoms with Crippen molar-refractivity contribution in [1.82, 2.24) is 14.9 Å². The number of aromatic nitrogens is 2. The van der Waals surface area contributed by atoms with Crippen LogP contribution in [0.1, 0.15) is 37.5 Å². The van der Waals surface area contributed by atoms with Gasteiger partial charge < -0.3 is 5.32 Å². The molecule has 2 rings (SSSR count). The van der Waals surface area contributed by atoms with E-state index in [-0.39, 0.29) is 0 Å². The quantitative estimate of drug-likeness (QED) is 0.833. The number of nitrogens with one attached hydrogen (secondary N) is 1. The Bertz CT molecular complexity index is 260. The maximum Gasteiger partial charge on any atom is 0.0666 e. The highest BCUT2D eigenvalue weighted by atomic mass is 32.1. The summed E-state index contributed by atoms with van der Waals surface area (Å²) >= 11 is 1.49. The molecule has 14 heavy (non-hydrogen) atoms. The molecule has 0 radical (unpaired) electrons. The van der Waals surface area contributed by atoms with Crippen LogP contribution in [-0.2, 0) is 6.54 Å². The Balaban J connectivity index is 1.79. The summed E-state index contributed by atoms with van der Waals surface area (Å²) < 4.78 is 3.86. The smallest absolute Gasteiger partial charge is 0.0666 e. The van der Waals surface area contributed by atoms with Crippen molar-refractivity contribution in [2.75, 3.05) is 0 Å². The summed E-state index contributed by atoms with van der Waals surface area (Å²) in [5, 5.41) is 7.44. The van der Waals surface area contributed by atoms with Crippen molar-refractivity contribution in [3.63, 3.8) is 0 Å². The third-order valence-corrected chi connectivity index (χ3v) is 3.72. The lowest BCUT2D eigenvalue weighted by molar-refractivity contribution is 0.280. The largest absolute Gasteiger partial charge is 0.309 e. The zero-order chi connectivity index (χ0) is 9.80. The summed E-state index contributed by atoms with van der Waals surface area (Å²) in [6.07, 6.45) is 7.33. The van der Waals surface area contributed by atoms with Crippen molar-refractivity contribution in [1.29, 1.82) is 0 Å². The molecular formula is C10H17N3S. The van der Waals surface area contributed by atoms with Gasteiger partial charge in [-0.2, -0.15) is 0 Å². The molecule has 0 aliphatic heterocycles. The maximum atomic E-state index is 3.86. The van der Waals surface area contributed by atoms with E-state index >= 15 is 0 Å². The highest BCUT2D eigenvalue weighted by Crippen LogP contribution is 2.23. The normalized spacial score (nSPS) is 27.8. The van der Waals surface area contributed by atoms with Gasteiger partial charge in [0.1, 0.15) is 0 Å². The molecule has 1 aliphatic rings. The average molecular weight is 211 g/mol. The molecule has 0 saturated heterocycles. The summed E-state index contributed by atoms with van der Waals surface area (Å²) in [6, 6.07) is 0.700. The molecule has 1 fully saturated rings. The van der Waals surface area contributed by atoms with Gasteiger partial charge in [0.05, 0.1) is 11.1 Å². The molecule has 0 amide bonds. The fourth-order valence-electron chi connectivity index (χ4n) is 2.12. The van der Waals surface area contributed by atoms with Crippen molar-refractivity contribution in [3.8, 4) is 0 Å². The van der Waals surface area contributed by atoms with Crippen molar-refractivity contribution in [2.24, 2.45) is 5.92 Å². The van der Waals surface area contributed by atoms with Gasteiger partial charge >= 0.3 is 0 Å². The van der Waals surface area contributed by atoms with Crippen LogP contribution in [0, 0.1) is 5.92 Å². The molecule has 0 spiro atoms.